The average molecular weight is 748 g/mol. The normalized spacial score (nSPS) is 18.6. The van der Waals surface area contributed by atoms with Crippen LogP contribution in [0.1, 0.15) is 65.0 Å². The predicted molar refractivity (Wildman–Crippen MR) is 190 cm³/mol. The van der Waals surface area contributed by atoms with Crippen LogP contribution < -0.4 is 20.0 Å². The van der Waals surface area contributed by atoms with E-state index in [0.717, 1.165) is 35.6 Å². The van der Waals surface area contributed by atoms with Crippen LogP contribution in [0, 0.1) is 5.82 Å². The number of hydrogen-bond donors (Lipinski definition) is 1. The van der Waals surface area contributed by atoms with Crippen molar-refractivity contribution in [3.8, 4) is 5.75 Å². The number of methoxy groups -OCH3 is 1. The number of carbonyl (C=O) groups excluding carboxylic acids is 2. The van der Waals surface area contributed by atoms with E-state index >= 15 is 4.39 Å². The molecule has 276 valence electrons. The molecule has 1 N–H and O–H groups in total. The molecule has 1 aliphatic carbocycles. The zero-order chi connectivity index (χ0) is 36.8. The zero-order valence-corrected chi connectivity index (χ0v) is 30.9. The van der Waals surface area contributed by atoms with Crippen molar-refractivity contribution in [2.45, 2.75) is 64.3 Å². The van der Waals surface area contributed by atoms with Gasteiger partial charge in [-0.1, -0.05) is 11.6 Å². The maximum absolute atomic E-state index is 16.2. The van der Waals surface area contributed by atoms with Crippen molar-refractivity contribution in [1.82, 2.24) is 18.8 Å². The van der Waals surface area contributed by atoms with E-state index in [0.29, 0.717) is 42.0 Å². The minimum Gasteiger partial charge on any atom is -0.486 e. The van der Waals surface area contributed by atoms with Gasteiger partial charge in [0.25, 0.3) is 11.8 Å². The summed E-state index contributed by atoms with van der Waals surface area (Å²) in [7, 11) is 0.792. The van der Waals surface area contributed by atoms with Gasteiger partial charge in [0.2, 0.25) is 0 Å². The van der Waals surface area contributed by atoms with E-state index in [2.05, 4.69) is 16.8 Å². The van der Waals surface area contributed by atoms with Crippen LogP contribution in [0.25, 0.3) is 11.0 Å². The van der Waals surface area contributed by atoms with Gasteiger partial charge in [0, 0.05) is 51.8 Å². The van der Waals surface area contributed by atoms with Crippen LogP contribution in [0.5, 0.6) is 5.75 Å². The minimum absolute atomic E-state index is 0.136. The van der Waals surface area contributed by atoms with E-state index in [1.807, 2.05) is 16.9 Å². The molecule has 16 heteroatoms. The van der Waals surface area contributed by atoms with E-state index in [1.54, 1.807) is 21.0 Å². The van der Waals surface area contributed by atoms with Gasteiger partial charge in [0.15, 0.2) is 17.1 Å². The van der Waals surface area contributed by atoms with Gasteiger partial charge in [-0.2, -0.15) is 12.7 Å². The van der Waals surface area contributed by atoms with Gasteiger partial charge in [-0.15, -0.1) is 0 Å². The average Bonchev–Trinajstić information content (AvgIpc) is 3.07. The largest absolute Gasteiger partial charge is 0.486 e. The fourth-order valence-electron chi connectivity index (χ4n) is 6.60. The monoisotopic (exact) mass is 747 g/mol. The summed E-state index contributed by atoms with van der Waals surface area (Å²) >= 11 is 6.89. The Labute approximate surface area is 301 Å². The van der Waals surface area contributed by atoms with Crippen LogP contribution in [0.4, 0.5) is 10.1 Å². The predicted octanol–water partition coefficient (Wildman–Crippen LogP) is 3.80. The van der Waals surface area contributed by atoms with E-state index in [1.165, 1.54) is 18.0 Å². The molecule has 3 aromatic rings. The number of halogens is 2. The van der Waals surface area contributed by atoms with Crippen molar-refractivity contribution in [2.24, 2.45) is 0 Å². The zero-order valence-electron chi connectivity index (χ0n) is 29.3. The molecule has 51 heavy (non-hydrogen) atoms. The second-order valence-corrected chi connectivity index (χ2v) is 15.8. The first-order chi connectivity index (χ1) is 24.2. The fourth-order valence-corrected chi connectivity index (χ4v) is 7.97. The third kappa shape index (κ3) is 7.18. The van der Waals surface area contributed by atoms with Gasteiger partial charge in [-0.3, -0.25) is 14.5 Å². The van der Waals surface area contributed by atoms with Gasteiger partial charge >= 0.3 is 15.8 Å². The lowest BCUT2D eigenvalue weighted by Gasteiger charge is -2.40. The highest BCUT2D eigenvalue weighted by Gasteiger charge is 2.34. The highest BCUT2D eigenvalue weighted by molar-refractivity contribution is 7.87. The minimum atomic E-state index is -4.24. The topological polar surface area (TPSA) is 142 Å². The maximum atomic E-state index is 16.2. The van der Waals surface area contributed by atoms with Crippen molar-refractivity contribution >= 4 is 50.3 Å². The molecule has 3 aliphatic rings. The molecule has 13 nitrogen and oxygen atoms in total. The Morgan fingerprint density at radius 2 is 1.84 bits per heavy atom. The third-order valence-corrected chi connectivity index (χ3v) is 12.2. The molecule has 6 rings (SSSR count). The Morgan fingerprint density at radius 1 is 1.12 bits per heavy atom. The van der Waals surface area contributed by atoms with Crippen LogP contribution in [-0.2, 0) is 27.9 Å². The summed E-state index contributed by atoms with van der Waals surface area (Å²) in [5.41, 5.74) is 0.651. The number of anilines is 1. The van der Waals surface area contributed by atoms with Gasteiger partial charge in [0.1, 0.15) is 5.02 Å². The van der Waals surface area contributed by atoms with Crippen molar-refractivity contribution < 1.29 is 36.3 Å². The first-order valence-electron chi connectivity index (χ1n) is 17.0. The van der Waals surface area contributed by atoms with Gasteiger partial charge in [-0.25, -0.2) is 13.9 Å². The molecule has 3 heterocycles. The quantitative estimate of drug-likeness (QED) is 0.305. The number of fused-ring (bicyclic) bond motifs is 3. The summed E-state index contributed by atoms with van der Waals surface area (Å²) in [4.78, 5) is 46.2. The van der Waals surface area contributed by atoms with Crippen LogP contribution in [0.2, 0.25) is 5.02 Å². The molecule has 1 saturated carbocycles. The molecule has 1 aromatic heterocycles. The van der Waals surface area contributed by atoms with Crippen LogP contribution in [0.3, 0.4) is 0 Å². The number of amides is 2. The SMILES string of the molecule is COC[C@H]1CN(c2ccc3c4c(c(=O)oc3c2Cl)CN(C(=O)c2ccc(C(=O)NS(=O)(=O)N(C)C(C)C)c(OC3CCC3)c2F)CC4)CCN1C. The van der Waals surface area contributed by atoms with Gasteiger partial charge in [-0.05, 0) is 76.4 Å². The summed E-state index contributed by atoms with van der Waals surface area (Å²) in [6.07, 6.45) is 1.99. The Balaban J connectivity index is 1.27. The number of piperazine rings is 1. The van der Waals surface area contributed by atoms with Crippen molar-refractivity contribution in [3.63, 3.8) is 0 Å². The first-order valence-corrected chi connectivity index (χ1v) is 18.8. The second-order valence-electron chi connectivity index (χ2n) is 13.7. The maximum Gasteiger partial charge on any atom is 0.341 e. The smallest absolute Gasteiger partial charge is 0.341 e. The van der Waals surface area contributed by atoms with Gasteiger partial charge in [0.05, 0.1) is 47.7 Å². The number of nitrogens with zero attached hydrogens (tertiary/aromatic N) is 4. The molecule has 2 amide bonds. The standard InChI is InChI=1S/C35H43ClFN5O8S/c1-20(2)40(4)51(46,47)38-33(43)26-10-9-25(30(37)32(26)49-22-7-6-8-22)34(44)42-14-13-23-24-11-12-28(29(36)31(24)50-35(45)27(23)18-42)41-16-15-39(3)21(17-41)19-48-5/h9-12,20-22H,6-8,13-19H2,1-5H3,(H,38,43)/t21-/m1/s1. The third-order valence-electron chi connectivity index (χ3n) is 10.2. The van der Waals surface area contributed by atoms with Crippen molar-refractivity contribution in [3.05, 3.63) is 67.8 Å². The summed E-state index contributed by atoms with van der Waals surface area (Å²) in [6, 6.07) is 5.84. The molecular weight excluding hydrogens is 705 g/mol. The Morgan fingerprint density at radius 3 is 2.51 bits per heavy atom. The lowest BCUT2D eigenvalue weighted by molar-refractivity contribution is 0.0721. The highest BCUT2D eigenvalue weighted by Crippen LogP contribution is 2.38. The number of ether oxygens (including phenoxy) is 2. The summed E-state index contributed by atoms with van der Waals surface area (Å²) in [5.74, 6) is -3.38. The Hall–Kier alpha value is -3.76. The Kier molecular flexibility index (Phi) is 10.7. The molecule has 0 spiro atoms. The van der Waals surface area contributed by atoms with Crippen LogP contribution in [-0.4, -0.2) is 107 Å². The molecule has 0 radical (unpaired) electrons. The number of carbonyl (C=O) groups is 2. The molecule has 2 aliphatic heterocycles. The molecule has 0 unspecified atom stereocenters. The molecule has 1 atom stereocenters. The van der Waals surface area contributed by atoms with E-state index < -0.39 is 45.3 Å². The Bertz CT molecular complexity index is 2020. The number of benzene rings is 2. The second kappa shape index (κ2) is 14.7. The number of rotatable bonds is 10. The van der Waals surface area contributed by atoms with Crippen LogP contribution in [0.15, 0.2) is 33.5 Å². The summed E-state index contributed by atoms with van der Waals surface area (Å²) in [6.45, 7) is 6.10. The van der Waals surface area contributed by atoms with Crippen molar-refractivity contribution in [1.29, 1.82) is 0 Å². The number of hydrogen-bond acceptors (Lipinski definition) is 10. The molecule has 0 bridgehead atoms. The van der Waals surface area contributed by atoms with E-state index in [4.69, 9.17) is 25.5 Å². The molecule has 2 aromatic carbocycles. The summed E-state index contributed by atoms with van der Waals surface area (Å²) < 4.78 is 61.7. The first kappa shape index (κ1) is 37.0. The number of likely N-dealkylation sites (N-methyl/N-ethyl adjacent to an activating group) is 1. The molecular formula is C35H43ClFN5O8S. The molecule has 2 fully saturated rings. The van der Waals surface area contributed by atoms with Crippen LogP contribution >= 0.6 is 11.6 Å². The van der Waals surface area contributed by atoms with Gasteiger partial charge < -0.3 is 23.7 Å². The lowest BCUT2D eigenvalue weighted by Crippen LogP contribution is -2.53. The lowest BCUT2D eigenvalue weighted by atomic mass is 9.95. The van der Waals surface area contributed by atoms with E-state index in [-0.39, 0.29) is 53.9 Å². The highest BCUT2D eigenvalue weighted by atomic mass is 35.5. The summed E-state index contributed by atoms with van der Waals surface area (Å²) in [5, 5.41) is 1.00. The van der Waals surface area contributed by atoms with Crippen molar-refractivity contribution in [2.75, 3.05) is 58.9 Å². The van der Waals surface area contributed by atoms with E-state index in [9.17, 15) is 22.8 Å². The fraction of sp³-hybridized carbons (Fsp3) is 0.514. The number of nitrogens with one attached hydrogen (secondary N) is 1. The molecule has 1 saturated heterocycles.